The minimum atomic E-state index is -0.279. The predicted octanol–water partition coefficient (Wildman–Crippen LogP) is 1.08. The van der Waals surface area contributed by atoms with E-state index in [0.717, 1.165) is 5.56 Å². The van der Waals surface area contributed by atoms with Gasteiger partial charge < -0.3 is 16.3 Å². The second kappa shape index (κ2) is 5.43. The Hall–Kier alpha value is -2.83. The Morgan fingerprint density at radius 1 is 1.40 bits per heavy atom. The van der Waals surface area contributed by atoms with Crippen LogP contribution in [0.4, 0.5) is 5.82 Å². The Kier molecular flexibility index (Phi) is 3.69. The van der Waals surface area contributed by atoms with Crippen LogP contribution >= 0.6 is 0 Å². The topological polar surface area (TPSA) is 106 Å². The molecule has 1 heterocycles. The quantitative estimate of drug-likeness (QED) is 0.336. The van der Waals surface area contributed by atoms with Crippen LogP contribution in [0.1, 0.15) is 21.5 Å². The molecule has 7 nitrogen and oxygen atoms in total. The highest BCUT2D eigenvalue weighted by atomic mass is 16.4. The van der Waals surface area contributed by atoms with Crippen molar-refractivity contribution < 1.29 is 10.0 Å². The summed E-state index contributed by atoms with van der Waals surface area (Å²) in [5.41, 5.74) is 7.32. The Bertz CT molecular complexity index is 675. The van der Waals surface area contributed by atoms with Gasteiger partial charge in [-0.25, -0.2) is 0 Å². The van der Waals surface area contributed by atoms with Gasteiger partial charge in [0.25, 0.3) is 5.91 Å². The highest BCUT2D eigenvalue weighted by Crippen LogP contribution is 2.16. The van der Waals surface area contributed by atoms with Gasteiger partial charge in [-0.15, -0.1) is 0 Å². The molecule has 0 saturated carbocycles. The molecule has 104 valence electrons. The molecular formula is C13H15N5O2. The molecule has 1 aromatic heterocycles. The van der Waals surface area contributed by atoms with Crippen LogP contribution in [0.25, 0.3) is 0 Å². The molecule has 0 bridgehead atoms. The second-order valence-corrected chi connectivity index (χ2v) is 4.28. The van der Waals surface area contributed by atoms with Crippen LogP contribution in [0.2, 0.25) is 0 Å². The summed E-state index contributed by atoms with van der Waals surface area (Å²) >= 11 is 0. The van der Waals surface area contributed by atoms with E-state index < -0.39 is 0 Å². The molecule has 0 saturated heterocycles. The van der Waals surface area contributed by atoms with Crippen molar-refractivity contribution in [3.05, 3.63) is 47.2 Å². The lowest BCUT2D eigenvalue weighted by Gasteiger charge is -2.09. The van der Waals surface area contributed by atoms with Gasteiger partial charge in [0.15, 0.2) is 5.84 Å². The van der Waals surface area contributed by atoms with Gasteiger partial charge in [-0.05, 0) is 18.6 Å². The number of aryl methyl sites for hydroxylation is 2. The maximum absolute atomic E-state index is 12.3. The molecule has 2 aromatic rings. The molecule has 0 aliphatic rings. The summed E-state index contributed by atoms with van der Waals surface area (Å²) < 4.78 is 1.45. The van der Waals surface area contributed by atoms with Crippen LogP contribution in [0.3, 0.4) is 0 Å². The van der Waals surface area contributed by atoms with Crippen LogP contribution in [0.5, 0.6) is 0 Å². The zero-order valence-corrected chi connectivity index (χ0v) is 11.2. The number of carbonyl (C=O) groups is 1. The molecule has 0 aliphatic heterocycles. The Morgan fingerprint density at radius 2 is 2.10 bits per heavy atom. The van der Waals surface area contributed by atoms with Gasteiger partial charge in [-0.3, -0.25) is 9.48 Å². The van der Waals surface area contributed by atoms with E-state index in [9.17, 15) is 4.79 Å². The zero-order chi connectivity index (χ0) is 14.7. The normalized spacial score (nSPS) is 11.4. The minimum absolute atomic E-state index is 0.113. The highest BCUT2D eigenvalue weighted by molar-refractivity contribution is 6.09. The summed E-state index contributed by atoms with van der Waals surface area (Å²) in [6, 6.07) is 7.22. The summed E-state index contributed by atoms with van der Waals surface area (Å²) in [7, 11) is 1.65. The number of nitrogens with one attached hydrogen (secondary N) is 1. The lowest BCUT2D eigenvalue weighted by molar-refractivity contribution is 0.102. The van der Waals surface area contributed by atoms with E-state index >= 15 is 0 Å². The van der Waals surface area contributed by atoms with Crippen LogP contribution < -0.4 is 11.1 Å². The van der Waals surface area contributed by atoms with Crippen molar-refractivity contribution in [2.24, 2.45) is 17.9 Å². The second-order valence-electron chi connectivity index (χ2n) is 4.28. The third-order valence-electron chi connectivity index (χ3n) is 2.94. The number of carbonyl (C=O) groups excluding carboxylic acids is 1. The van der Waals surface area contributed by atoms with E-state index in [0.29, 0.717) is 16.9 Å². The average Bonchev–Trinajstić information content (AvgIpc) is 2.80. The maximum atomic E-state index is 12.3. The zero-order valence-electron chi connectivity index (χ0n) is 11.2. The van der Waals surface area contributed by atoms with Gasteiger partial charge in [-0.2, -0.15) is 5.10 Å². The standard InChI is InChI=1S/C13H15N5O2/c1-8-5-3-4-6-9(8)13(19)16-12-10(11(14)17-20)7-15-18(12)2/h3-7,20H,1-2H3,(H2,14,17)(H,16,19). The summed E-state index contributed by atoms with van der Waals surface area (Å²) in [5.74, 6) is -0.0228. The van der Waals surface area contributed by atoms with E-state index in [1.165, 1.54) is 10.9 Å². The summed E-state index contributed by atoms with van der Waals surface area (Å²) in [6.45, 7) is 1.85. The number of anilines is 1. The van der Waals surface area contributed by atoms with Crippen molar-refractivity contribution >= 4 is 17.6 Å². The smallest absolute Gasteiger partial charge is 0.257 e. The number of rotatable bonds is 3. The fraction of sp³-hybridized carbons (Fsp3) is 0.154. The monoisotopic (exact) mass is 273 g/mol. The van der Waals surface area contributed by atoms with Crippen LogP contribution in [-0.2, 0) is 7.05 Å². The Morgan fingerprint density at radius 3 is 2.75 bits per heavy atom. The van der Waals surface area contributed by atoms with Gasteiger partial charge in [0.1, 0.15) is 5.82 Å². The van der Waals surface area contributed by atoms with Crippen molar-refractivity contribution in [2.75, 3.05) is 5.32 Å². The number of amidine groups is 1. The number of hydrogen-bond donors (Lipinski definition) is 3. The third-order valence-corrected chi connectivity index (χ3v) is 2.94. The van der Waals surface area contributed by atoms with E-state index in [-0.39, 0.29) is 11.7 Å². The largest absolute Gasteiger partial charge is 0.409 e. The van der Waals surface area contributed by atoms with Crippen LogP contribution in [-0.4, -0.2) is 26.7 Å². The maximum Gasteiger partial charge on any atom is 0.257 e. The first-order chi connectivity index (χ1) is 9.54. The number of aromatic nitrogens is 2. The number of nitrogens with zero attached hydrogens (tertiary/aromatic N) is 3. The van der Waals surface area contributed by atoms with Gasteiger partial charge in [0.05, 0.1) is 11.8 Å². The van der Waals surface area contributed by atoms with Gasteiger partial charge in [0, 0.05) is 12.6 Å². The Balaban J connectivity index is 2.34. The van der Waals surface area contributed by atoms with E-state index in [4.69, 9.17) is 10.9 Å². The number of benzene rings is 1. The molecule has 2 rings (SSSR count). The molecule has 20 heavy (non-hydrogen) atoms. The number of oxime groups is 1. The molecule has 0 aliphatic carbocycles. The molecular weight excluding hydrogens is 258 g/mol. The van der Waals surface area contributed by atoms with Crippen molar-refractivity contribution in [1.82, 2.24) is 9.78 Å². The first-order valence-electron chi connectivity index (χ1n) is 5.91. The van der Waals surface area contributed by atoms with Crippen LogP contribution in [0.15, 0.2) is 35.6 Å². The molecule has 0 unspecified atom stereocenters. The fourth-order valence-corrected chi connectivity index (χ4v) is 1.83. The third kappa shape index (κ3) is 2.46. The first kappa shape index (κ1) is 13.6. The molecule has 1 amide bonds. The molecule has 7 heteroatoms. The molecule has 0 spiro atoms. The summed E-state index contributed by atoms with van der Waals surface area (Å²) in [4.78, 5) is 12.3. The average molecular weight is 273 g/mol. The van der Waals surface area contributed by atoms with Gasteiger partial charge in [-0.1, -0.05) is 23.4 Å². The van der Waals surface area contributed by atoms with Crippen molar-refractivity contribution in [3.63, 3.8) is 0 Å². The summed E-state index contributed by atoms with van der Waals surface area (Å²) in [5, 5.41) is 18.4. The van der Waals surface area contributed by atoms with Crippen molar-refractivity contribution in [1.29, 1.82) is 0 Å². The fourth-order valence-electron chi connectivity index (χ4n) is 1.83. The van der Waals surface area contributed by atoms with Gasteiger partial charge >= 0.3 is 0 Å². The van der Waals surface area contributed by atoms with Crippen LogP contribution in [0, 0.1) is 6.92 Å². The van der Waals surface area contributed by atoms with E-state index in [2.05, 4.69) is 15.6 Å². The molecule has 0 radical (unpaired) electrons. The lowest BCUT2D eigenvalue weighted by Crippen LogP contribution is -2.20. The number of nitrogens with two attached hydrogens (primary N) is 1. The molecule has 1 aromatic carbocycles. The molecule has 0 fully saturated rings. The Labute approximate surface area is 115 Å². The van der Waals surface area contributed by atoms with E-state index in [1.54, 1.807) is 19.2 Å². The van der Waals surface area contributed by atoms with Gasteiger partial charge in [0.2, 0.25) is 0 Å². The number of hydrogen-bond acceptors (Lipinski definition) is 4. The lowest BCUT2D eigenvalue weighted by atomic mass is 10.1. The van der Waals surface area contributed by atoms with Crippen molar-refractivity contribution in [3.8, 4) is 0 Å². The minimum Gasteiger partial charge on any atom is -0.409 e. The molecule has 0 atom stereocenters. The predicted molar refractivity (Wildman–Crippen MR) is 74.9 cm³/mol. The number of amides is 1. The van der Waals surface area contributed by atoms with E-state index in [1.807, 2.05) is 19.1 Å². The summed E-state index contributed by atoms with van der Waals surface area (Å²) in [6.07, 6.45) is 1.42. The SMILES string of the molecule is Cc1ccccc1C(=O)Nc1c(C(N)=NO)cnn1C. The highest BCUT2D eigenvalue weighted by Gasteiger charge is 2.16. The van der Waals surface area contributed by atoms with Crippen molar-refractivity contribution in [2.45, 2.75) is 6.92 Å². The molecule has 4 N–H and O–H groups in total. The first-order valence-corrected chi connectivity index (χ1v) is 5.91.